The number of hydrogen-bond donors (Lipinski definition) is 0. The molecule has 1 saturated carbocycles. The number of hydrogen-bond acceptors (Lipinski definition) is 3. The Morgan fingerprint density at radius 2 is 2.06 bits per heavy atom. The number of rotatable bonds is 2. The van der Waals surface area contributed by atoms with Crippen molar-refractivity contribution in [1.82, 2.24) is 0 Å². The predicted octanol–water partition coefficient (Wildman–Crippen LogP) is 2.99. The Labute approximate surface area is 99.8 Å². The summed E-state index contributed by atoms with van der Waals surface area (Å²) >= 11 is 0. The minimum absolute atomic E-state index is 0.106. The highest BCUT2D eigenvalue weighted by Crippen LogP contribution is 2.49. The molecule has 0 aliphatic heterocycles. The minimum atomic E-state index is -0.386. The van der Waals surface area contributed by atoms with Crippen LogP contribution in [-0.2, 0) is 4.79 Å². The average molecular weight is 233 g/mol. The molecule has 1 aromatic carbocycles. The van der Waals surface area contributed by atoms with E-state index >= 15 is 0 Å². The fourth-order valence-electron chi connectivity index (χ4n) is 2.34. The molecule has 1 aliphatic rings. The van der Waals surface area contributed by atoms with Gasteiger partial charge in [0.15, 0.2) is 0 Å². The van der Waals surface area contributed by atoms with Gasteiger partial charge < -0.3 is 0 Å². The lowest BCUT2D eigenvalue weighted by Crippen LogP contribution is -2.43. The smallest absolute Gasteiger partial charge is 0.272 e. The second kappa shape index (κ2) is 3.65. The van der Waals surface area contributed by atoms with E-state index in [1.54, 1.807) is 19.1 Å². The number of carbonyl (C=O) groups is 1. The van der Waals surface area contributed by atoms with Gasteiger partial charge in [0.2, 0.25) is 0 Å². The van der Waals surface area contributed by atoms with Crippen molar-refractivity contribution in [2.45, 2.75) is 33.1 Å². The Morgan fingerprint density at radius 1 is 1.41 bits per heavy atom. The first kappa shape index (κ1) is 11.8. The van der Waals surface area contributed by atoms with Crippen molar-refractivity contribution in [2.75, 3.05) is 0 Å². The van der Waals surface area contributed by atoms with Gasteiger partial charge in [0.25, 0.3) is 5.69 Å². The third kappa shape index (κ3) is 1.73. The summed E-state index contributed by atoms with van der Waals surface area (Å²) in [7, 11) is 0. The van der Waals surface area contributed by atoms with E-state index < -0.39 is 0 Å². The van der Waals surface area contributed by atoms with E-state index in [2.05, 4.69) is 0 Å². The van der Waals surface area contributed by atoms with Gasteiger partial charge in [-0.15, -0.1) is 0 Å². The molecule has 2 rings (SSSR count). The Bertz CT molecular complexity index is 505. The third-order valence-electron chi connectivity index (χ3n) is 3.81. The lowest BCUT2D eigenvalue weighted by molar-refractivity contribution is -0.385. The highest BCUT2D eigenvalue weighted by molar-refractivity contribution is 5.92. The molecule has 0 amide bonds. The summed E-state index contributed by atoms with van der Waals surface area (Å²) in [5, 5.41) is 10.9. The number of ketones is 1. The van der Waals surface area contributed by atoms with Gasteiger partial charge >= 0.3 is 0 Å². The topological polar surface area (TPSA) is 60.2 Å². The number of nitrogens with zero attached hydrogens (tertiary/aromatic N) is 1. The SMILES string of the molecule is Cc1ccc(C2CC(=O)C2(C)C)cc1[N+](=O)[O-]. The number of aryl methyl sites for hydroxylation is 1. The van der Waals surface area contributed by atoms with Crippen LogP contribution < -0.4 is 0 Å². The number of benzene rings is 1. The van der Waals surface area contributed by atoms with Crippen molar-refractivity contribution < 1.29 is 9.72 Å². The van der Waals surface area contributed by atoms with Gasteiger partial charge in [-0.1, -0.05) is 26.0 Å². The van der Waals surface area contributed by atoms with Gasteiger partial charge in [0.1, 0.15) is 5.78 Å². The summed E-state index contributed by atoms with van der Waals surface area (Å²) in [5.74, 6) is 0.333. The zero-order chi connectivity index (χ0) is 12.8. The molecular weight excluding hydrogens is 218 g/mol. The highest BCUT2D eigenvalue weighted by atomic mass is 16.6. The molecule has 90 valence electrons. The van der Waals surface area contributed by atoms with Gasteiger partial charge in [0.05, 0.1) is 4.92 Å². The van der Waals surface area contributed by atoms with Gasteiger partial charge in [-0.25, -0.2) is 0 Å². The van der Waals surface area contributed by atoms with Crippen LogP contribution in [0.3, 0.4) is 0 Å². The van der Waals surface area contributed by atoms with E-state index in [0.29, 0.717) is 12.0 Å². The van der Waals surface area contributed by atoms with E-state index in [4.69, 9.17) is 0 Å². The standard InChI is InChI=1S/C13H15NO3/c1-8-4-5-9(6-11(8)14(16)17)10-7-12(15)13(10,2)3/h4-6,10H,7H2,1-3H3. The van der Waals surface area contributed by atoms with E-state index in [9.17, 15) is 14.9 Å². The summed E-state index contributed by atoms with van der Waals surface area (Å²) in [6, 6.07) is 5.25. The molecule has 0 bridgehead atoms. The molecular formula is C13H15NO3. The lowest BCUT2D eigenvalue weighted by atomic mass is 9.59. The maximum Gasteiger partial charge on any atom is 0.272 e. The largest absolute Gasteiger partial charge is 0.299 e. The Morgan fingerprint density at radius 3 is 2.53 bits per heavy atom. The second-order valence-corrected chi connectivity index (χ2v) is 5.20. The highest BCUT2D eigenvalue weighted by Gasteiger charge is 2.48. The van der Waals surface area contributed by atoms with Gasteiger partial charge in [0, 0.05) is 29.4 Å². The molecule has 4 heteroatoms. The summed E-state index contributed by atoms with van der Waals surface area (Å²) in [5.41, 5.74) is 1.30. The molecule has 1 aliphatic carbocycles. The molecule has 17 heavy (non-hydrogen) atoms. The number of carbonyl (C=O) groups excluding carboxylic acids is 1. The van der Waals surface area contributed by atoms with Crippen LogP contribution in [0.4, 0.5) is 5.69 Å². The molecule has 4 nitrogen and oxygen atoms in total. The Kier molecular flexibility index (Phi) is 2.53. The number of Topliss-reactive ketones (excluding diaryl/α,β-unsaturated/α-hetero) is 1. The average Bonchev–Trinajstić information content (AvgIpc) is 2.26. The summed E-state index contributed by atoms with van der Waals surface area (Å²) in [6.07, 6.45) is 0.493. The number of nitro groups is 1. The first-order chi connectivity index (χ1) is 7.84. The van der Waals surface area contributed by atoms with Crippen LogP contribution in [0.25, 0.3) is 0 Å². The summed E-state index contributed by atoms with van der Waals surface area (Å²) < 4.78 is 0. The molecule has 0 aromatic heterocycles. The summed E-state index contributed by atoms with van der Waals surface area (Å²) in [6.45, 7) is 5.52. The van der Waals surface area contributed by atoms with Crippen molar-refractivity contribution in [1.29, 1.82) is 0 Å². The van der Waals surface area contributed by atoms with Gasteiger partial charge in [-0.3, -0.25) is 14.9 Å². The van der Waals surface area contributed by atoms with Crippen molar-refractivity contribution in [2.24, 2.45) is 5.41 Å². The van der Waals surface area contributed by atoms with E-state index in [-0.39, 0.29) is 27.7 Å². The summed E-state index contributed by atoms with van der Waals surface area (Å²) in [4.78, 5) is 22.0. The molecule has 0 spiro atoms. The maximum atomic E-state index is 11.5. The molecule has 1 atom stereocenters. The van der Waals surface area contributed by atoms with Crippen LogP contribution in [0.5, 0.6) is 0 Å². The first-order valence-corrected chi connectivity index (χ1v) is 5.62. The zero-order valence-corrected chi connectivity index (χ0v) is 10.2. The number of nitro benzene ring substituents is 1. The molecule has 0 saturated heterocycles. The maximum absolute atomic E-state index is 11.5. The quantitative estimate of drug-likeness (QED) is 0.582. The normalized spacial score (nSPS) is 22.1. The predicted molar refractivity (Wildman–Crippen MR) is 64.0 cm³/mol. The Hall–Kier alpha value is -1.71. The third-order valence-corrected chi connectivity index (χ3v) is 3.81. The van der Waals surface area contributed by atoms with Crippen molar-refractivity contribution in [3.63, 3.8) is 0 Å². The molecule has 1 aromatic rings. The van der Waals surface area contributed by atoms with Crippen LogP contribution in [0, 0.1) is 22.5 Å². The first-order valence-electron chi connectivity index (χ1n) is 5.62. The van der Waals surface area contributed by atoms with Crippen LogP contribution >= 0.6 is 0 Å². The van der Waals surface area contributed by atoms with Crippen molar-refractivity contribution >= 4 is 11.5 Å². The Balaban J connectivity index is 2.39. The fourth-order valence-corrected chi connectivity index (χ4v) is 2.34. The molecule has 1 unspecified atom stereocenters. The second-order valence-electron chi connectivity index (χ2n) is 5.20. The minimum Gasteiger partial charge on any atom is -0.299 e. The van der Waals surface area contributed by atoms with Gasteiger partial charge in [-0.2, -0.15) is 0 Å². The van der Waals surface area contributed by atoms with E-state index in [1.165, 1.54) is 0 Å². The molecule has 1 fully saturated rings. The fraction of sp³-hybridized carbons (Fsp3) is 0.462. The van der Waals surface area contributed by atoms with Crippen LogP contribution in [0.2, 0.25) is 0 Å². The molecule has 0 heterocycles. The van der Waals surface area contributed by atoms with Crippen molar-refractivity contribution in [3.05, 3.63) is 39.4 Å². The van der Waals surface area contributed by atoms with E-state index in [1.807, 2.05) is 19.9 Å². The van der Waals surface area contributed by atoms with Crippen LogP contribution in [0.1, 0.15) is 37.3 Å². The van der Waals surface area contributed by atoms with Crippen LogP contribution in [-0.4, -0.2) is 10.7 Å². The van der Waals surface area contributed by atoms with Crippen LogP contribution in [0.15, 0.2) is 18.2 Å². The monoisotopic (exact) mass is 233 g/mol. The zero-order valence-electron chi connectivity index (χ0n) is 10.2. The lowest BCUT2D eigenvalue weighted by Gasteiger charge is -2.42. The molecule has 0 N–H and O–H groups in total. The van der Waals surface area contributed by atoms with Crippen molar-refractivity contribution in [3.8, 4) is 0 Å². The molecule has 0 radical (unpaired) electrons. The van der Waals surface area contributed by atoms with E-state index in [0.717, 1.165) is 5.56 Å². The van der Waals surface area contributed by atoms with Gasteiger partial charge in [-0.05, 0) is 12.5 Å².